The number of rotatable bonds is 3. The zero-order valence-electron chi connectivity index (χ0n) is 12.1. The predicted octanol–water partition coefficient (Wildman–Crippen LogP) is 0.962. The normalized spacial score (nSPS) is 25.4. The SMILES string of the molecule is CCCc1occc1C(=O)N1CC[C@H]2OCC(=O)N[C@H]2C1. The van der Waals surface area contributed by atoms with E-state index in [1.54, 1.807) is 17.2 Å². The zero-order valence-corrected chi connectivity index (χ0v) is 12.1. The summed E-state index contributed by atoms with van der Waals surface area (Å²) >= 11 is 0. The van der Waals surface area contributed by atoms with Gasteiger partial charge in [-0.25, -0.2) is 0 Å². The van der Waals surface area contributed by atoms with Gasteiger partial charge in [0.1, 0.15) is 12.4 Å². The second kappa shape index (κ2) is 5.89. The number of amides is 2. The highest BCUT2D eigenvalue weighted by Crippen LogP contribution is 2.21. The molecule has 0 radical (unpaired) electrons. The second-order valence-electron chi connectivity index (χ2n) is 5.57. The van der Waals surface area contributed by atoms with E-state index in [9.17, 15) is 9.59 Å². The van der Waals surface area contributed by atoms with Crippen LogP contribution in [0, 0.1) is 0 Å². The minimum absolute atomic E-state index is 0.0196. The lowest BCUT2D eigenvalue weighted by Gasteiger charge is -2.41. The number of furan rings is 1. The Morgan fingerprint density at radius 2 is 2.38 bits per heavy atom. The first kappa shape index (κ1) is 14.1. The Labute approximate surface area is 123 Å². The van der Waals surface area contributed by atoms with E-state index in [1.165, 1.54) is 0 Å². The van der Waals surface area contributed by atoms with Crippen molar-refractivity contribution in [3.63, 3.8) is 0 Å². The molecular formula is C15H20N2O4. The van der Waals surface area contributed by atoms with Gasteiger partial charge in [0, 0.05) is 19.5 Å². The maximum Gasteiger partial charge on any atom is 0.257 e. The lowest BCUT2D eigenvalue weighted by Crippen LogP contribution is -2.61. The molecule has 114 valence electrons. The number of morpholine rings is 1. The van der Waals surface area contributed by atoms with E-state index in [1.807, 2.05) is 0 Å². The number of carbonyl (C=O) groups is 2. The first-order valence-electron chi connectivity index (χ1n) is 7.45. The lowest BCUT2D eigenvalue weighted by molar-refractivity contribution is -0.139. The summed E-state index contributed by atoms with van der Waals surface area (Å²) in [6.45, 7) is 3.31. The van der Waals surface area contributed by atoms with Crippen LogP contribution >= 0.6 is 0 Å². The molecule has 3 rings (SSSR count). The third-order valence-electron chi connectivity index (χ3n) is 4.06. The molecule has 0 unspecified atom stereocenters. The maximum atomic E-state index is 12.6. The van der Waals surface area contributed by atoms with Crippen molar-refractivity contribution >= 4 is 11.8 Å². The van der Waals surface area contributed by atoms with Gasteiger partial charge in [-0.1, -0.05) is 6.92 Å². The van der Waals surface area contributed by atoms with Crippen LogP contribution in [0.2, 0.25) is 0 Å². The van der Waals surface area contributed by atoms with Gasteiger partial charge in [0.15, 0.2) is 0 Å². The largest absolute Gasteiger partial charge is 0.469 e. The second-order valence-corrected chi connectivity index (χ2v) is 5.57. The van der Waals surface area contributed by atoms with Crippen molar-refractivity contribution in [1.29, 1.82) is 0 Å². The third-order valence-corrected chi connectivity index (χ3v) is 4.06. The molecule has 2 amide bonds. The fourth-order valence-corrected chi connectivity index (χ4v) is 3.01. The van der Waals surface area contributed by atoms with E-state index in [0.29, 0.717) is 18.7 Å². The Morgan fingerprint density at radius 1 is 1.52 bits per heavy atom. The van der Waals surface area contributed by atoms with Gasteiger partial charge in [0.05, 0.1) is 24.0 Å². The van der Waals surface area contributed by atoms with Crippen molar-refractivity contribution in [3.05, 3.63) is 23.7 Å². The molecule has 1 aromatic heterocycles. The van der Waals surface area contributed by atoms with Gasteiger partial charge in [0.25, 0.3) is 5.91 Å². The molecule has 0 saturated carbocycles. The minimum Gasteiger partial charge on any atom is -0.469 e. The maximum absolute atomic E-state index is 12.6. The van der Waals surface area contributed by atoms with Gasteiger partial charge in [-0.2, -0.15) is 0 Å². The summed E-state index contributed by atoms with van der Waals surface area (Å²) in [7, 11) is 0. The number of aryl methyl sites for hydroxylation is 1. The molecule has 1 N–H and O–H groups in total. The number of piperidine rings is 1. The fraction of sp³-hybridized carbons (Fsp3) is 0.600. The van der Waals surface area contributed by atoms with Gasteiger partial charge < -0.3 is 19.4 Å². The Hall–Kier alpha value is -1.82. The molecule has 0 bridgehead atoms. The van der Waals surface area contributed by atoms with Crippen molar-refractivity contribution in [2.45, 2.75) is 38.3 Å². The summed E-state index contributed by atoms with van der Waals surface area (Å²) in [6, 6.07) is 1.63. The average Bonchev–Trinajstić information content (AvgIpc) is 2.94. The summed E-state index contributed by atoms with van der Waals surface area (Å²) in [5, 5.41) is 2.91. The standard InChI is InChI=1S/C15H20N2O4/c1-2-3-12-10(5-7-20-12)15(19)17-6-4-13-11(8-17)16-14(18)9-21-13/h5,7,11,13H,2-4,6,8-9H2,1H3,(H,16,18)/t11-,13+/m0/s1. The topological polar surface area (TPSA) is 71.8 Å². The molecule has 1 aromatic rings. The minimum atomic E-state index is -0.111. The number of carbonyl (C=O) groups excluding carboxylic acids is 2. The first-order chi connectivity index (χ1) is 10.2. The van der Waals surface area contributed by atoms with E-state index in [2.05, 4.69) is 12.2 Å². The van der Waals surface area contributed by atoms with Crippen LogP contribution in [0.1, 0.15) is 35.9 Å². The monoisotopic (exact) mass is 292 g/mol. The zero-order chi connectivity index (χ0) is 14.8. The first-order valence-corrected chi connectivity index (χ1v) is 7.45. The molecule has 2 atom stereocenters. The van der Waals surface area contributed by atoms with Crippen molar-refractivity contribution in [3.8, 4) is 0 Å². The highest BCUT2D eigenvalue weighted by molar-refractivity contribution is 5.95. The van der Waals surface area contributed by atoms with E-state index < -0.39 is 0 Å². The molecule has 6 nitrogen and oxygen atoms in total. The number of hydrogen-bond donors (Lipinski definition) is 1. The van der Waals surface area contributed by atoms with Crippen molar-refractivity contribution in [2.75, 3.05) is 19.7 Å². The Morgan fingerprint density at radius 3 is 3.19 bits per heavy atom. The Balaban J connectivity index is 1.70. The van der Waals surface area contributed by atoms with Crippen LogP contribution in [0.5, 0.6) is 0 Å². The molecule has 2 saturated heterocycles. The van der Waals surface area contributed by atoms with Crippen LogP contribution in [0.25, 0.3) is 0 Å². The molecule has 21 heavy (non-hydrogen) atoms. The number of likely N-dealkylation sites (tertiary alicyclic amines) is 1. The quantitative estimate of drug-likeness (QED) is 0.901. The number of fused-ring (bicyclic) bond motifs is 1. The molecule has 0 spiro atoms. The van der Waals surface area contributed by atoms with Crippen LogP contribution in [0.3, 0.4) is 0 Å². The lowest BCUT2D eigenvalue weighted by atomic mass is 9.99. The molecule has 2 aliphatic rings. The van der Waals surface area contributed by atoms with Crippen molar-refractivity contribution in [1.82, 2.24) is 10.2 Å². The molecule has 2 aliphatic heterocycles. The van der Waals surface area contributed by atoms with Gasteiger partial charge in [0.2, 0.25) is 5.91 Å². The number of hydrogen-bond acceptors (Lipinski definition) is 4. The van der Waals surface area contributed by atoms with Crippen LogP contribution in [0.4, 0.5) is 0 Å². The Bertz CT molecular complexity index is 540. The summed E-state index contributed by atoms with van der Waals surface area (Å²) < 4.78 is 10.9. The number of nitrogens with zero attached hydrogens (tertiary/aromatic N) is 1. The molecule has 3 heterocycles. The number of nitrogens with one attached hydrogen (secondary N) is 1. The molecule has 0 aromatic carbocycles. The fourth-order valence-electron chi connectivity index (χ4n) is 3.01. The predicted molar refractivity (Wildman–Crippen MR) is 74.9 cm³/mol. The van der Waals surface area contributed by atoms with E-state index >= 15 is 0 Å². The number of ether oxygens (including phenoxy) is 1. The van der Waals surface area contributed by atoms with E-state index in [-0.39, 0.29) is 30.6 Å². The van der Waals surface area contributed by atoms with Gasteiger partial charge in [-0.05, 0) is 18.9 Å². The van der Waals surface area contributed by atoms with Gasteiger partial charge >= 0.3 is 0 Å². The molecule has 6 heteroatoms. The van der Waals surface area contributed by atoms with Gasteiger partial charge in [-0.15, -0.1) is 0 Å². The van der Waals surface area contributed by atoms with Gasteiger partial charge in [-0.3, -0.25) is 9.59 Å². The average molecular weight is 292 g/mol. The Kier molecular flexibility index (Phi) is 3.96. The summed E-state index contributed by atoms with van der Waals surface area (Å²) in [4.78, 5) is 25.8. The summed E-state index contributed by atoms with van der Waals surface area (Å²) in [6.07, 6.45) is 4.02. The van der Waals surface area contributed by atoms with Crippen LogP contribution in [-0.4, -0.2) is 48.6 Å². The molecule has 0 aliphatic carbocycles. The van der Waals surface area contributed by atoms with Crippen molar-refractivity contribution in [2.24, 2.45) is 0 Å². The van der Waals surface area contributed by atoms with Crippen LogP contribution < -0.4 is 5.32 Å². The highest BCUT2D eigenvalue weighted by Gasteiger charge is 2.37. The molecular weight excluding hydrogens is 272 g/mol. The summed E-state index contributed by atoms with van der Waals surface area (Å²) in [5.41, 5.74) is 0.637. The smallest absolute Gasteiger partial charge is 0.257 e. The van der Waals surface area contributed by atoms with E-state index in [0.717, 1.165) is 25.0 Å². The van der Waals surface area contributed by atoms with Crippen molar-refractivity contribution < 1.29 is 18.7 Å². The third kappa shape index (κ3) is 2.81. The van der Waals surface area contributed by atoms with E-state index in [4.69, 9.17) is 9.15 Å². The van der Waals surface area contributed by atoms with Crippen LogP contribution in [0.15, 0.2) is 16.7 Å². The summed E-state index contributed by atoms with van der Waals surface area (Å²) in [5.74, 6) is 0.611. The highest BCUT2D eigenvalue weighted by atomic mass is 16.5. The van der Waals surface area contributed by atoms with Crippen LogP contribution in [-0.2, 0) is 16.0 Å². The molecule has 2 fully saturated rings.